The lowest BCUT2D eigenvalue weighted by Gasteiger charge is -2.15. The monoisotopic (exact) mass is 422 g/mol. The van der Waals surface area contributed by atoms with Gasteiger partial charge >= 0.3 is 0 Å². The van der Waals surface area contributed by atoms with E-state index >= 15 is 0 Å². The molecule has 5 rings (SSSR count). The molecule has 2 heteroatoms. The summed E-state index contributed by atoms with van der Waals surface area (Å²) in [5.41, 5.74) is 8.51. The van der Waals surface area contributed by atoms with E-state index in [4.69, 9.17) is 1.37 Å². The number of pyridine rings is 1. The van der Waals surface area contributed by atoms with Gasteiger partial charge in [-0.2, -0.15) is 4.57 Å². The molecule has 5 aromatic rings. The zero-order valence-corrected chi connectivity index (χ0v) is 20.2. The number of nitrogens with zero attached hydrogens (tertiary/aromatic N) is 2. The van der Waals surface area contributed by atoms with E-state index in [9.17, 15) is 0 Å². The van der Waals surface area contributed by atoms with Crippen LogP contribution in [0, 0.1) is 13.8 Å². The minimum Gasteiger partial charge on any atom is -0.338 e. The van der Waals surface area contributed by atoms with Gasteiger partial charge in [-0.05, 0) is 67.5 Å². The first kappa shape index (κ1) is 19.5. The van der Waals surface area contributed by atoms with Gasteiger partial charge in [-0.1, -0.05) is 44.2 Å². The van der Waals surface area contributed by atoms with Gasteiger partial charge in [0.05, 0.1) is 17.8 Å². The van der Waals surface area contributed by atoms with Crippen LogP contribution < -0.4 is 4.57 Å². The van der Waals surface area contributed by atoms with E-state index < -0.39 is 0 Å². The van der Waals surface area contributed by atoms with Crippen molar-refractivity contribution in [2.45, 2.75) is 53.5 Å². The van der Waals surface area contributed by atoms with Crippen molar-refractivity contribution in [1.29, 1.82) is 0 Å². The van der Waals surface area contributed by atoms with Gasteiger partial charge in [0.25, 0.3) is 0 Å². The number of benzene rings is 3. The molecule has 3 aromatic carbocycles. The van der Waals surface area contributed by atoms with Crippen LogP contribution in [0.25, 0.3) is 43.8 Å². The highest BCUT2D eigenvalue weighted by molar-refractivity contribution is 6.10. The van der Waals surface area contributed by atoms with E-state index in [2.05, 4.69) is 112 Å². The molecule has 0 spiro atoms. The Bertz CT molecular complexity index is 1550. The quantitative estimate of drug-likeness (QED) is 0.263. The molecule has 0 radical (unpaired) electrons. The van der Waals surface area contributed by atoms with Gasteiger partial charge in [-0.3, -0.25) is 0 Å². The maximum absolute atomic E-state index is 8.85. The number of aryl methyl sites for hydroxylation is 1. The zero-order chi connectivity index (χ0) is 23.6. The standard InChI is InChI=1S/C30H33N2/c1-18(2)22-12-13-24-23(16-22)15-21(6)31(7)30(24)26-17-29-27(14-20(26)5)25-10-8-9-11-28(25)32(29)19(3)4/h8-19H,1-7H3/q+1/i15D. The predicted octanol–water partition coefficient (Wildman–Crippen LogP) is 7.76. The third kappa shape index (κ3) is 3.04. The van der Waals surface area contributed by atoms with Crippen LogP contribution in [0.5, 0.6) is 0 Å². The number of fused-ring (bicyclic) bond motifs is 4. The average molecular weight is 423 g/mol. The number of para-hydroxylation sites is 1. The van der Waals surface area contributed by atoms with Crippen LogP contribution >= 0.6 is 0 Å². The smallest absolute Gasteiger partial charge is 0.220 e. The van der Waals surface area contributed by atoms with Crippen LogP contribution in [-0.2, 0) is 7.05 Å². The van der Waals surface area contributed by atoms with Gasteiger partial charge < -0.3 is 4.57 Å². The molecule has 2 nitrogen and oxygen atoms in total. The van der Waals surface area contributed by atoms with E-state index in [1.54, 1.807) is 0 Å². The lowest BCUT2D eigenvalue weighted by Crippen LogP contribution is -2.35. The topological polar surface area (TPSA) is 8.81 Å². The summed E-state index contributed by atoms with van der Waals surface area (Å²) in [6, 6.07) is 21.1. The SMILES string of the molecule is [2H]c1c(C)[n+](C)c(-c2cc3c(cc2C)c2ccccc2n3C(C)C)c2ccc(C(C)C)cc12. The summed E-state index contributed by atoms with van der Waals surface area (Å²) in [6.07, 6.45) is 0. The van der Waals surface area contributed by atoms with Gasteiger partial charge in [-0.25, -0.2) is 0 Å². The fourth-order valence-corrected chi connectivity index (χ4v) is 5.15. The second-order valence-electron chi connectivity index (χ2n) is 9.74. The summed E-state index contributed by atoms with van der Waals surface area (Å²) in [6.45, 7) is 13.2. The van der Waals surface area contributed by atoms with E-state index in [0.29, 0.717) is 18.0 Å². The zero-order valence-electron chi connectivity index (χ0n) is 21.2. The Morgan fingerprint density at radius 2 is 1.59 bits per heavy atom. The van der Waals surface area contributed by atoms with Gasteiger partial charge in [-0.15, -0.1) is 0 Å². The van der Waals surface area contributed by atoms with E-state index in [1.807, 2.05) is 0 Å². The van der Waals surface area contributed by atoms with Crippen molar-refractivity contribution in [1.82, 2.24) is 4.57 Å². The number of rotatable bonds is 3. The van der Waals surface area contributed by atoms with Crippen LogP contribution in [-0.4, -0.2) is 4.57 Å². The molecule has 0 amide bonds. The normalized spacial score (nSPS) is 12.6. The summed E-state index contributed by atoms with van der Waals surface area (Å²) in [7, 11) is 2.10. The van der Waals surface area contributed by atoms with Crippen LogP contribution in [0.1, 0.15) is 57.8 Å². The third-order valence-electron chi connectivity index (χ3n) is 6.95. The first-order chi connectivity index (χ1) is 15.7. The van der Waals surface area contributed by atoms with Crippen molar-refractivity contribution < 1.29 is 5.94 Å². The fraction of sp³-hybridized carbons (Fsp3) is 0.300. The minimum atomic E-state index is 0.361. The molecule has 0 bridgehead atoms. The van der Waals surface area contributed by atoms with E-state index in [1.165, 1.54) is 44.2 Å². The van der Waals surface area contributed by atoms with Crippen LogP contribution in [0.3, 0.4) is 0 Å². The molecule has 0 unspecified atom stereocenters. The molecular weight excluding hydrogens is 388 g/mol. The molecular formula is C30H33N2+. The Labute approximate surface area is 192 Å². The molecule has 0 saturated heterocycles. The number of aromatic nitrogens is 2. The molecule has 0 fully saturated rings. The Balaban J connectivity index is 1.92. The molecule has 162 valence electrons. The van der Waals surface area contributed by atoms with Crippen LogP contribution in [0.2, 0.25) is 0 Å². The third-order valence-corrected chi connectivity index (χ3v) is 6.95. The van der Waals surface area contributed by atoms with Crippen molar-refractivity contribution in [2.24, 2.45) is 7.05 Å². The molecule has 2 aromatic heterocycles. The molecule has 0 aliphatic carbocycles. The largest absolute Gasteiger partial charge is 0.338 e. The fourth-order valence-electron chi connectivity index (χ4n) is 5.15. The second kappa shape index (κ2) is 7.48. The van der Waals surface area contributed by atoms with Gasteiger partial charge in [0.15, 0.2) is 5.69 Å². The summed E-state index contributed by atoms with van der Waals surface area (Å²) in [5.74, 6) is 0.436. The van der Waals surface area contributed by atoms with Crippen molar-refractivity contribution >= 4 is 32.6 Å². The van der Waals surface area contributed by atoms with Crippen molar-refractivity contribution in [3.8, 4) is 11.3 Å². The van der Waals surface area contributed by atoms with Crippen LogP contribution in [0.4, 0.5) is 0 Å². The maximum atomic E-state index is 8.85. The first-order valence-corrected chi connectivity index (χ1v) is 11.7. The summed E-state index contributed by atoms with van der Waals surface area (Å²) in [4.78, 5) is 0. The summed E-state index contributed by atoms with van der Waals surface area (Å²) < 4.78 is 13.5. The minimum absolute atomic E-state index is 0.361. The lowest BCUT2D eigenvalue weighted by atomic mass is 9.94. The molecule has 2 heterocycles. The first-order valence-electron chi connectivity index (χ1n) is 12.2. The molecule has 0 saturated carbocycles. The number of hydrogen-bond acceptors (Lipinski definition) is 0. The Morgan fingerprint density at radius 1 is 0.844 bits per heavy atom. The summed E-state index contributed by atoms with van der Waals surface area (Å²) in [5, 5.41) is 4.80. The predicted molar refractivity (Wildman–Crippen MR) is 138 cm³/mol. The highest BCUT2D eigenvalue weighted by Gasteiger charge is 2.23. The van der Waals surface area contributed by atoms with Crippen LogP contribution in [0.15, 0.2) is 60.6 Å². The number of hydrogen-bond donors (Lipinski definition) is 0. The molecule has 0 aliphatic heterocycles. The average Bonchev–Trinajstić information content (AvgIpc) is 3.11. The van der Waals surface area contributed by atoms with E-state index in [0.717, 1.165) is 16.5 Å². The van der Waals surface area contributed by atoms with Gasteiger partial charge in [0.1, 0.15) is 7.05 Å². The van der Waals surface area contributed by atoms with Gasteiger partial charge in [0.2, 0.25) is 5.69 Å². The Hall–Kier alpha value is -3.13. The second-order valence-corrected chi connectivity index (χ2v) is 9.74. The molecule has 0 N–H and O–H groups in total. The highest BCUT2D eigenvalue weighted by Crippen LogP contribution is 2.38. The molecule has 0 aliphatic rings. The van der Waals surface area contributed by atoms with E-state index in [-0.39, 0.29) is 0 Å². The highest BCUT2D eigenvalue weighted by atomic mass is 15.0. The lowest BCUT2D eigenvalue weighted by molar-refractivity contribution is -0.665. The molecule has 32 heavy (non-hydrogen) atoms. The maximum Gasteiger partial charge on any atom is 0.220 e. The van der Waals surface area contributed by atoms with Gasteiger partial charge in [0, 0.05) is 35.3 Å². The summed E-state index contributed by atoms with van der Waals surface area (Å²) >= 11 is 0. The van der Waals surface area contributed by atoms with Crippen molar-refractivity contribution in [3.63, 3.8) is 0 Å². The Morgan fingerprint density at radius 3 is 2.31 bits per heavy atom. The molecule has 0 atom stereocenters. The Kier molecular flexibility index (Phi) is 4.57. The van der Waals surface area contributed by atoms with Crippen molar-refractivity contribution in [3.05, 3.63) is 77.5 Å². The van der Waals surface area contributed by atoms with Crippen molar-refractivity contribution in [2.75, 3.05) is 0 Å².